The van der Waals surface area contributed by atoms with Crippen molar-refractivity contribution in [2.75, 3.05) is 18.5 Å². The maximum atomic E-state index is 12.7. The summed E-state index contributed by atoms with van der Waals surface area (Å²) in [6.45, 7) is 3.14. The van der Waals surface area contributed by atoms with Gasteiger partial charge in [-0.25, -0.2) is 4.79 Å². The highest BCUT2D eigenvalue weighted by atomic mass is 16.2. The van der Waals surface area contributed by atoms with Crippen LogP contribution in [0.25, 0.3) is 0 Å². The van der Waals surface area contributed by atoms with E-state index in [1.165, 1.54) is 18.4 Å². The van der Waals surface area contributed by atoms with E-state index in [0.29, 0.717) is 6.04 Å². The van der Waals surface area contributed by atoms with Gasteiger partial charge in [0.05, 0.1) is 0 Å². The van der Waals surface area contributed by atoms with Gasteiger partial charge in [0.2, 0.25) is 0 Å². The van der Waals surface area contributed by atoms with Crippen molar-refractivity contribution in [1.29, 1.82) is 0 Å². The second-order valence-electron chi connectivity index (χ2n) is 6.34. The van der Waals surface area contributed by atoms with Gasteiger partial charge in [0, 0.05) is 25.3 Å². The molecule has 3 rings (SSSR count). The SMILES string of the molecule is CC1CCC(N(C)C(=O)N2CCc3ccccc32)CC1. The van der Waals surface area contributed by atoms with Crippen molar-refractivity contribution in [2.45, 2.75) is 45.1 Å². The molecule has 1 aromatic carbocycles. The summed E-state index contributed by atoms with van der Waals surface area (Å²) < 4.78 is 0. The molecule has 0 unspecified atom stereocenters. The van der Waals surface area contributed by atoms with E-state index in [1.807, 2.05) is 22.9 Å². The zero-order valence-electron chi connectivity index (χ0n) is 12.5. The zero-order valence-corrected chi connectivity index (χ0v) is 12.5. The molecule has 0 atom stereocenters. The van der Waals surface area contributed by atoms with Crippen LogP contribution in [0.15, 0.2) is 24.3 Å². The van der Waals surface area contributed by atoms with Crippen molar-refractivity contribution >= 4 is 11.7 Å². The Balaban J connectivity index is 1.70. The third kappa shape index (κ3) is 2.41. The van der Waals surface area contributed by atoms with Gasteiger partial charge in [-0.1, -0.05) is 25.1 Å². The lowest BCUT2D eigenvalue weighted by atomic mass is 9.87. The monoisotopic (exact) mass is 272 g/mol. The minimum absolute atomic E-state index is 0.175. The molecule has 1 aromatic rings. The van der Waals surface area contributed by atoms with Crippen LogP contribution < -0.4 is 4.90 Å². The summed E-state index contributed by atoms with van der Waals surface area (Å²) in [5.74, 6) is 0.822. The average molecular weight is 272 g/mol. The number of anilines is 1. The van der Waals surface area contributed by atoms with Crippen molar-refractivity contribution in [1.82, 2.24) is 4.90 Å². The Bertz CT molecular complexity index is 492. The Labute approximate surface area is 121 Å². The molecule has 1 aliphatic carbocycles. The van der Waals surface area contributed by atoms with Gasteiger partial charge >= 0.3 is 6.03 Å². The molecule has 3 heteroatoms. The van der Waals surface area contributed by atoms with Gasteiger partial charge in [0.25, 0.3) is 0 Å². The standard InChI is InChI=1S/C17H24N2O/c1-13-7-9-15(10-8-13)18(2)17(20)19-12-11-14-5-3-4-6-16(14)19/h3-6,13,15H,7-12H2,1-2H3. The fourth-order valence-electron chi connectivity index (χ4n) is 3.51. The van der Waals surface area contributed by atoms with Crippen LogP contribution >= 0.6 is 0 Å². The number of carbonyl (C=O) groups excluding carboxylic acids is 1. The fraction of sp³-hybridized carbons (Fsp3) is 0.588. The van der Waals surface area contributed by atoms with E-state index in [1.54, 1.807) is 0 Å². The molecule has 2 aliphatic rings. The predicted molar refractivity (Wildman–Crippen MR) is 82.1 cm³/mol. The highest BCUT2D eigenvalue weighted by Gasteiger charge is 2.31. The third-order valence-electron chi connectivity index (χ3n) is 4.95. The maximum Gasteiger partial charge on any atom is 0.324 e. The first kappa shape index (κ1) is 13.5. The van der Waals surface area contributed by atoms with Gasteiger partial charge in [0.15, 0.2) is 0 Å². The van der Waals surface area contributed by atoms with Gasteiger partial charge in [-0.05, 0) is 49.7 Å². The number of para-hydroxylation sites is 1. The van der Waals surface area contributed by atoms with Gasteiger partial charge in [-0.2, -0.15) is 0 Å². The van der Waals surface area contributed by atoms with E-state index in [0.717, 1.165) is 37.4 Å². The summed E-state index contributed by atoms with van der Waals surface area (Å²) in [5, 5.41) is 0. The average Bonchev–Trinajstić information content (AvgIpc) is 2.90. The van der Waals surface area contributed by atoms with Gasteiger partial charge in [0.1, 0.15) is 0 Å². The number of rotatable bonds is 1. The number of urea groups is 1. The first-order chi connectivity index (χ1) is 9.66. The van der Waals surface area contributed by atoms with Crippen LogP contribution in [0.4, 0.5) is 10.5 Å². The minimum Gasteiger partial charge on any atom is -0.324 e. The summed E-state index contributed by atoms with van der Waals surface area (Å²) >= 11 is 0. The number of nitrogens with zero attached hydrogens (tertiary/aromatic N) is 2. The molecule has 108 valence electrons. The minimum atomic E-state index is 0.175. The molecule has 2 amide bonds. The lowest BCUT2D eigenvalue weighted by Gasteiger charge is -2.35. The number of fused-ring (bicyclic) bond motifs is 1. The molecule has 1 fully saturated rings. The van der Waals surface area contributed by atoms with Crippen molar-refractivity contribution in [3.05, 3.63) is 29.8 Å². The first-order valence-corrected chi connectivity index (χ1v) is 7.79. The van der Waals surface area contributed by atoms with Gasteiger partial charge < -0.3 is 4.90 Å². The highest BCUT2D eigenvalue weighted by molar-refractivity contribution is 5.94. The van der Waals surface area contributed by atoms with E-state index in [9.17, 15) is 4.79 Å². The van der Waals surface area contributed by atoms with Crippen molar-refractivity contribution in [3.63, 3.8) is 0 Å². The van der Waals surface area contributed by atoms with Crippen molar-refractivity contribution in [3.8, 4) is 0 Å². The number of carbonyl (C=O) groups is 1. The highest BCUT2D eigenvalue weighted by Crippen LogP contribution is 2.31. The zero-order chi connectivity index (χ0) is 14.1. The summed E-state index contributed by atoms with van der Waals surface area (Å²) in [4.78, 5) is 16.7. The summed E-state index contributed by atoms with van der Waals surface area (Å²) in [5.41, 5.74) is 2.40. The molecule has 0 radical (unpaired) electrons. The Morgan fingerprint density at radius 3 is 2.65 bits per heavy atom. The molecule has 1 saturated carbocycles. The topological polar surface area (TPSA) is 23.6 Å². The van der Waals surface area contributed by atoms with E-state index < -0.39 is 0 Å². The molecule has 3 nitrogen and oxygen atoms in total. The lowest BCUT2D eigenvalue weighted by Crippen LogP contribution is -2.46. The first-order valence-electron chi connectivity index (χ1n) is 7.79. The van der Waals surface area contributed by atoms with Crippen LogP contribution in [0.2, 0.25) is 0 Å². The number of benzene rings is 1. The van der Waals surface area contributed by atoms with Crippen molar-refractivity contribution in [2.24, 2.45) is 5.92 Å². The van der Waals surface area contributed by atoms with E-state index in [4.69, 9.17) is 0 Å². The van der Waals surface area contributed by atoms with E-state index in [-0.39, 0.29) is 6.03 Å². The largest absolute Gasteiger partial charge is 0.324 e. The molecule has 0 bridgehead atoms. The molecule has 0 aromatic heterocycles. The fourth-order valence-corrected chi connectivity index (χ4v) is 3.51. The summed E-state index contributed by atoms with van der Waals surface area (Å²) in [6.07, 6.45) is 5.78. The van der Waals surface area contributed by atoms with E-state index >= 15 is 0 Å². The molecule has 1 heterocycles. The smallest absolute Gasteiger partial charge is 0.324 e. The Morgan fingerprint density at radius 1 is 1.20 bits per heavy atom. The van der Waals surface area contributed by atoms with Gasteiger partial charge in [-0.15, -0.1) is 0 Å². The van der Waals surface area contributed by atoms with E-state index in [2.05, 4.69) is 25.1 Å². The lowest BCUT2D eigenvalue weighted by molar-refractivity contribution is 0.169. The molecule has 20 heavy (non-hydrogen) atoms. The Hall–Kier alpha value is -1.51. The van der Waals surface area contributed by atoms with Crippen LogP contribution in [-0.2, 0) is 6.42 Å². The van der Waals surface area contributed by atoms with Crippen LogP contribution in [0.3, 0.4) is 0 Å². The number of hydrogen-bond donors (Lipinski definition) is 0. The normalized spacial score (nSPS) is 25.4. The number of amides is 2. The van der Waals surface area contributed by atoms with Crippen LogP contribution in [0.5, 0.6) is 0 Å². The molecular formula is C17H24N2O. The maximum absolute atomic E-state index is 12.7. The Morgan fingerprint density at radius 2 is 1.90 bits per heavy atom. The van der Waals surface area contributed by atoms with Crippen LogP contribution in [-0.4, -0.2) is 30.6 Å². The molecule has 1 aliphatic heterocycles. The second-order valence-corrected chi connectivity index (χ2v) is 6.34. The summed E-state index contributed by atoms with van der Waals surface area (Å²) in [7, 11) is 1.98. The van der Waals surface area contributed by atoms with Crippen molar-refractivity contribution < 1.29 is 4.79 Å². The van der Waals surface area contributed by atoms with Crippen LogP contribution in [0.1, 0.15) is 38.2 Å². The second kappa shape index (κ2) is 5.47. The number of hydrogen-bond acceptors (Lipinski definition) is 1. The quantitative estimate of drug-likeness (QED) is 0.765. The molecule has 0 N–H and O–H groups in total. The molecular weight excluding hydrogens is 248 g/mol. The summed E-state index contributed by atoms with van der Waals surface area (Å²) in [6, 6.07) is 8.87. The van der Waals surface area contributed by atoms with Gasteiger partial charge in [-0.3, -0.25) is 4.90 Å². The molecule has 0 spiro atoms. The predicted octanol–water partition coefficient (Wildman–Crippen LogP) is 3.68. The Kier molecular flexibility index (Phi) is 3.68. The van der Waals surface area contributed by atoms with Crippen LogP contribution in [0, 0.1) is 5.92 Å². The third-order valence-corrected chi connectivity index (χ3v) is 4.95. The molecule has 0 saturated heterocycles.